The van der Waals surface area contributed by atoms with Gasteiger partial charge in [0.1, 0.15) is 6.04 Å². The molecule has 1 aliphatic rings. The van der Waals surface area contributed by atoms with Crippen molar-refractivity contribution in [2.45, 2.75) is 52.1 Å². The first-order valence-electron chi connectivity index (χ1n) is 10.7. The number of ether oxygens (including phenoxy) is 1. The van der Waals surface area contributed by atoms with Gasteiger partial charge in [-0.15, -0.1) is 0 Å². The molecule has 1 saturated heterocycles. The van der Waals surface area contributed by atoms with Gasteiger partial charge >= 0.3 is 5.97 Å². The monoisotopic (exact) mass is 452 g/mol. The number of benzene rings is 1. The molecule has 2 atom stereocenters. The Morgan fingerprint density at radius 2 is 1.87 bits per heavy atom. The van der Waals surface area contributed by atoms with E-state index in [1.165, 1.54) is 4.90 Å². The predicted molar refractivity (Wildman–Crippen MR) is 117 cm³/mol. The first-order chi connectivity index (χ1) is 14.6. The highest BCUT2D eigenvalue weighted by molar-refractivity contribution is 7.91. The topological polar surface area (TPSA) is 110 Å². The normalized spacial score (nSPS) is 18.4. The summed E-state index contributed by atoms with van der Waals surface area (Å²) >= 11 is 0. The van der Waals surface area contributed by atoms with Gasteiger partial charge in [0.2, 0.25) is 0 Å². The highest BCUT2D eigenvalue weighted by Crippen LogP contribution is 2.19. The molecule has 0 spiro atoms. The first kappa shape index (κ1) is 24.8. The molecule has 1 heterocycles. The van der Waals surface area contributed by atoms with Gasteiger partial charge in [-0.05, 0) is 30.9 Å². The van der Waals surface area contributed by atoms with Crippen molar-refractivity contribution < 1.29 is 27.5 Å². The number of sulfone groups is 1. The second-order valence-corrected chi connectivity index (χ2v) is 10.4. The van der Waals surface area contributed by atoms with Crippen LogP contribution < -0.4 is 5.32 Å². The molecule has 1 aromatic carbocycles. The molecule has 8 nitrogen and oxygen atoms in total. The van der Waals surface area contributed by atoms with Crippen LogP contribution in [0.1, 0.15) is 50.4 Å². The third-order valence-electron chi connectivity index (χ3n) is 5.30. The van der Waals surface area contributed by atoms with E-state index in [4.69, 9.17) is 4.74 Å². The summed E-state index contributed by atoms with van der Waals surface area (Å²) in [6, 6.07) is 7.23. The molecule has 0 saturated carbocycles. The Labute approximate surface area is 184 Å². The van der Waals surface area contributed by atoms with E-state index in [0.29, 0.717) is 18.5 Å². The zero-order chi connectivity index (χ0) is 23.0. The third-order valence-corrected chi connectivity index (χ3v) is 7.05. The van der Waals surface area contributed by atoms with Gasteiger partial charge in [0.15, 0.2) is 16.4 Å². The first-order valence-corrected chi connectivity index (χ1v) is 12.5. The van der Waals surface area contributed by atoms with Crippen LogP contribution in [0.25, 0.3) is 0 Å². The van der Waals surface area contributed by atoms with Gasteiger partial charge in [-0.3, -0.25) is 9.59 Å². The minimum absolute atomic E-state index is 0.0574. The second kappa shape index (κ2) is 11.3. The van der Waals surface area contributed by atoms with Crippen molar-refractivity contribution in [3.05, 3.63) is 35.9 Å². The molecule has 9 heteroatoms. The Bertz CT molecular complexity index is 869. The minimum Gasteiger partial charge on any atom is -0.454 e. The molecule has 1 unspecified atom stereocenters. The molecule has 172 valence electrons. The third kappa shape index (κ3) is 7.34. The number of hydrogen-bond acceptors (Lipinski definition) is 6. The zero-order valence-electron chi connectivity index (χ0n) is 18.4. The summed E-state index contributed by atoms with van der Waals surface area (Å²) < 4.78 is 28.9. The average molecular weight is 453 g/mol. The number of nitrogens with zero attached hydrogens (tertiary/aromatic N) is 1. The van der Waals surface area contributed by atoms with E-state index >= 15 is 0 Å². The summed E-state index contributed by atoms with van der Waals surface area (Å²) in [6.45, 7) is 5.47. The van der Waals surface area contributed by atoms with Gasteiger partial charge in [-0.25, -0.2) is 13.2 Å². The number of unbranched alkanes of at least 4 members (excludes halogenated alkanes) is 1. The van der Waals surface area contributed by atoms with Crippen molar-refractivity contribution >= 4 is 27.6 Å². The van der Waals surface area contributed by atoms with Crippen molar-refractivity contribution in [3.63, 3.8) is 0 Å². The van der Waals surface area contributed by atoms with Crippen molar-refractivity contribution in [1.29, 1.82) is 0 Å². The molecule has 1 fully saturated rings. The number of esters is 1. The van der Waals surface area contributed by atoms with Gasteiger partial charge in [-0.1, -0.05) is 45.4 Å². The summed E-state index contributed by atoms with van der Waals surface area (Å²) in [6.07, 6.45) is 1.98. The van der Waals surface area contributed by atoms with Crippen molar-refractivity contribution in [1.82, 2.24) is 10.2 Å². The number of carbonyl (C=O) groups excluding carboxylic acids is 3. The van der Waals surface area contributed by atoms with E-state index in [2.05, 4.69) is 5.32 Å². The number of nitrogens with one attached hydrogen (secondary N) is 1. The second-order valence-electron chi connectivity index (χ2n) is 8.17. The van der Waals surface area contributed by atoms with Crippen LogP contribution in [0.15, 0.2) is 30.3 Å². The molecule has 0 radical (unpaired) electrons. The van der Waals surface area contributed by atoms with Crippen LogP contribution in [0.2, 0.25) is 0 Å². The lowest BCUT2D eigenvalue weighted by molar-refractivity contribution is -0.155. The van der Waals surface area contributed by atoms with Gasteiger partial charge in [0.05, 0.1) is 11.5 Å². The maximum Gasteiger partial charge on any atom is 0.329 e. The lowest BCUT2D eigenvalue weighted by Crippen LogP contribution is -2.47. The molecule has 0 bridgehead atoms. The summed E-state index contributed by atoms with van der Waals surface area (Å²) in [5.74, 6) is -1.75. The van der Waals surface area contributed by atoms with Crippen LogP contribution in [-0.4, -0.2) is 67.8 Å². The summed E-state index contributed by atoms with van der Waals surface area (Å²) in [5, 5.41) is 2.67. The van der Waals surface area contributed by atoms with Gasteiger partial charge < -0.3 is 15.0 Å². The number of hydrogen-bond donors (Lipinski definition) is 1. The van der Waals surface area contributed by atoms with E-state index in [0.717, 1.165) is 12.8 Å². The van der Waals surface area contributed by atoms with Crippen LogP contribution in [0, 0.1) is 5.92 Å². The van der Waals surface area contributed by atoms with E-state index < -0.39 is 40.3 Å². The summed E-state index contributed by atoms with van der Waals surface area (Å²) in [4.78, 5) is 39.3. The fourth-order valence-corrected chi connectivity index (χ4v) is 5.21. The van der Waals surface area contributed by atoms with E-state index in [1.54, 1.807) is 44.2 Å². The minimum atomic E-state index is -3.14. The Kier molecular flexibility index (Phi) is 9.03. The van der Waals surface area contributed by atoms with E-state index in [-0.39, 0.29) is 23.5 Å². The molecule has 1 aromatic rings. The maximum absolute atomic E-state index is 12.8. The zero-order valence-corrected chi connectivity index (χ0v) is 19.2. The van der Waals surface area contributed by atoms with Crippen LogP contribution in [0.3, 0.4) is 0 Å². The van der Waals surface area contributed by atoms with E-state index in [1.807, 2.05) is 6.92 Å². The molecular formula is C22H32N2O6S. The maximum atomic E-state index is 12.8. The van der Waals surface area contributed by atoms with Crippen molar-refractivity contribution in [2.24, 2.45) is 5.92 Å². The summed E-state index contributed by atoms with van der Waals surface area (Å²) in [7, 11) is -3.14. The van der Waals surface area contributed by atoms with Crippen LogP contribution in [0.5, 0.6) is 0 Å². The number of amides is 2. The van der Waals surface area contributed by atoms with Gasteiger partial charge in [-0.2, -0.15) is 0 Å². The van der Waals surface area contributed by atoms with Gasteiger partial charge in [0, 0.05) is 18.2 Å². The van der Waals surface area contributed by atoms with Gasteiger partial charge in [0.25, 0.3) is 11.8 Å². The molecule has 2 amide bonds. The Hall–Kier alpha value is -2.42. The molecule has 31 heavy (non-hydrogen) atoms. The van der Waals surface area contributed by atoms with Crippen molar-refractivity contribution in [3.8, 4) is 0 Å². The Balaban J connectivity index is 1.99. The predicted octanol–water partition coefficient (Wildman–Crippen LogP) is 1.80. The summed E-state index contributed by atoms with van der Waals surface area (Å²) in [5.41, 5.74) is 0.421. The number of rotatable bonds is 10. The lowest BCUT2D eigenvalue weighted by atomic mass is 10.0. The smallest absolute Gasteiger partial charge is 0.329 e. The molecule has 1 N–H and O–H groups in total. The largest absolute Gasteiger partial charge is 0.454 e. The molecule has 0 aliphatic carbocycles. The molecule has 1 aliphatic heterocycles. The fraction of sp³-hybridized carbons (Fsp3) is 0.591. The SMILES string of the molecule is CCCCN(C(=O)COC(=O)[C@@H](NC(=O)c1ccccc1)C(C)C)C1CCS(=O)(=O)C1. The Morgan fingerprint density at radius 3 is 2.42 bits per heavy atom. The fourth-order valence-electron chi connectivity index (χ4n) is 3.48. The van der Waals surface area contributed by atoms with Crippen LogP contribution >= 0.6 is 0 Å². The molecular weight excluding hydrogens is 420 g/mol. The highest BCUT2D eigenvalue weighted by atomic mass is 32.2. The quantitative estimate of drug-likeness (QED) is 0.542. The molecule has 2 rings (SSSR count). The Morgan fingerprint density at radius 1 is 1.19 bits per heavy atom. The standard InChI is InChI=1S/C22H32N2O6S/c1-4-5-12-24(18-11-13-31(28,29)15-18)19(25)14-30-22(27)20(16(2)3)23-21(26)17-9-7-6-8-10-17/h6-10,16,18,20H,4-5,11-15H2,1-3H3,(H,23,26)/t18?,20-/m0/s1. The van der Waals surface area contributed by atoms with Crippen LogP contribution in [-0.2, 0) is 24.2 Å². The lowest BCUT2D eigenvalue weighted by Gasteiger charge is -2.28. The number of carbonyl (C=O) groups is 3. The average Bonchev–Trinajstić information content (AvgIpc) is 3.10. The van der Waals surface area contributed by atoms with Crippen molar-refractivity contribution in [2.75, 3.05) is 24.7 Å². The van der Waals surface area contributed by atoms with E-state index in [9.17, 15) is 22.8 Å². The highest BCUT2D eigenvalue weighted by Gasteiger charge is 2.35. The molecule has 0 aromatic heterocycles. The van der Waals surface area contributed by atoms with Crippen LogP contribution in [0.4, 0.5) is 0 Å².